The third-order valence-corrected chi connectivity index (χ3v) is 4.04. The lowest BCUT2D eigenvalue weighted by molar-refractivity contribution is -0.133. The Morgan fingerprint density at radius 2 is 1.79 bits per heavy atom. The van der Waals surface area contributed by atoms with Crippen molar-refractivity contribution in [1.82, 2.24) is 10.2 Å². The Balaban J connectivity index is 0.00000324. The molecule has 0 unspecified atom stereocenters. The molecular weight excluding hydrogens is 370 g/mol. The third-order valence-electron chi connectivity index (χ3n) is 4.04. The Morgan fingerprint density at radius 1 is 1.26 bits per heavy atom. The van der Waals surface area contributed by atoms with Gasteiger partial charge in [-0.25, -0.2) is 0 Å². The molecule has 7 heteroatoms. The first kappa shape index (κ1) is 18.8. The van der Waals surface area contributed by atoms with Gasteiger partial charge < -0.3 is 10.2 Å². The molecule has 0 spiro atoms. The van der Waals surface area contributed by atoms with E-state index < -0.39 is 12.6 Å². The molecule has 0 aliphatic carbocycles. The van der Waals surface area contributed by atoms with E-state index in [0.717, 1.165) is 6.54 Å². The second kappa shape index (κ2) is 6.05. The van der Waals surface area contributed by atoms with E-state index in [-0.39, 0.29) is 41.5 Å². The van der Waals surface area contributed by atoms with Crippen LogP contribution in [0.3, 0.4) is 0 Å². The molecule has 0 amide bonds. The minimum absolute atomic E-state index is 0. The third kappa shape index (κ3) is 4.13. The van der Waals surface area contributed by atoms with Crippen molar-refractivity contribution in [2.45, 2.75) is 45.8 Å². The molecule has 1 fully saturated rings. The fraction of sp³-hybridized carbons (Fsp3) is 0.917. The normalized spacial score (nSPS) is 21.5. The predicted molar refractivity (Wildman–Crippen MR) is 82.0 cm³/mol. The molecule has 114 valence electrons. The standard InChI is InChI=1S/C12H22F3N3.HI/c1-10(2)8-18(11(10,3)4)9(16-5)17-7-6-12(13,14)15;/h6-8H2,1-5H3,(H,16,17);1H. The molecule has 1 N–H and O–H groups in total. The van der Waals surface area contributed by atoms with Crippen LogP contribution < -0.4 is 5.32 Å². The van der Waals surface area contributed by atoms with Crippen LogP contribution in [0.1, 0.15) is 34.1 Å². The maximum absolute atomic E-state index is 12.1. The quantitative estimate of drug-likeness (QED) is 0.443. The summed E-state index contributed by atoms with van der Waals surface area (Å²) in [5.41, 5.74) is 0.0295. The van der Waals surface area contributed by atoms with Gasteiger partial charge in [-0.15, -0.1) is 24.0 Å². The Kier molecular flexibility index (Phi) is 5.98. The number of likely N-dealkylation sites (tertiary alicyclic amines) is 1. The first-order valence-electron chi connectivity index (χ1n) is 6.06. The van der Waals surface area contributed by atoms with Crippen LogP contribution in [-0.2, 0) is 0 Å². The van der Waals surface area contributed by atoms with Gasteiger partial charge in [0.15, 0.2) is 5.96 Å². The molecule has 0 radical (unpaired) electrons. The summed E-state index contributed by atoms with van der Waals surface area (Å²) >= 11 is 0. The van der Waals surface area contributed by atoms with Crippen molar-refractivity contribution in [2.24, 2.45) is 10.4 Å². The first-order valence-corrected chi connectivity index (χ1v) is 6.06. The van der Waals surface area contributed by atoms with E-state index in [2.05, 4.69) is 38.0 Å². The molecule has 3 nitrogen and oxygen atoms in total. The van der Waals surface area contributed by atoms with E-state index in [1.807, 2.05) is 4.90 Å². The van der Waals surface area contributed by atoms with Gasteiger partial charge >= 0.3 is 6.18 Å². The summed E-state index contributed by atoms with van der Waals surface area (Å²) in [4.78, 5) is 6.07. The average Bonchev–Trinajstić information content (AvgIpc) is 2.20. The van der Waals surface area contributed by atoms with Gasteiger partial charge in [-0.1, -0.05) is 13.8 Å². The van der Waals surface area contributed by atoms with E-state index in [9.17, 15) is 13.2 Å². The maximum Gasteiger partial charge on any atom is 0.390 e. The summed E-state index contributed by atoms with van der Waals surface area (Å²) in [5.74, 6) is 0.545. The topological polar surface area (TPSA) is 27.6 Å². The maximum atomic E-state index is 12.1. The molecule has 19 heavy (non-hydrogen) atoms. The van der Waals surface area contributed by atoms with Crippen LogP contribution in [-0.4, -0.2) is 42.7 Å². The van der Waals surface area contributed by atoms with Crippen LogP contribution in [0.2, 0.25) is 0 Å². The molecule has 1 saturated heterocycles. The second-order valence-corrected chi connectivity index (χ2v) is 5.87. The molecule has 0 atom stereocenters. The molecule has 0 aromatic heterocycles. The SMILES string of the molecule is CN=C(NCCC(F)(F)F)N1CC(C)(C)C1(C)C.I. The van der Waals surface area contributed by atoms with Gasteiger partial charge in [0.2, 0.25) is 0 Å². The largest absolute Gasteiger partial charge is 0.390 e. The highest BCUT2D eigenvalue weighted by Gasteiger charge is 2.53. The van der Waals surface area contributed by atoms with E-state index in [4.69, 9.17) is 0 Å². The monoisotopic (exact) mass is 393 g/mol. The molecule has 1 aliphatic rings. The Morgan fingerprint density at radius 3 is 2.11 bits per heavy atom. The molecule has 1 heterocycles. The van der Waals surface area contributed by atoms with Crippen molar-refractivity contribution in [3.63, 3.8) is 0 Å². The molecule has 1 aliphatic heterocycles. The Hall–Kier alpha value is -0.210. The van der Waals surface area contributed by atoms with Crippen LogP contribution >= 0.6 is 24.0 Å². The summed E-state index contributed by atoms with van der Waals surface area (Å²) < 4.78 is 36.3. The zero-order chi connectivity index (χ0) is 14.2. The highest BCUT2D eigenvalue weighted by molar-refractivity contribution is 14.0. The number of halogens is 4. The number of rotatable bonds is 2. The number of hydrogen-bond donors (Lipinski definition) is 1. The fourth-order valence-corrected chi connectivity index (χ4v) is 2.01. The van der Waals surface area contributed by atoms with Crippen molar-refractivity contribution in [2.75, 3.05) is 20.1 Å². The van der Waals surface area contributed by atoms with Crippen molar-refractivity contribution in [3.8, 4) is 0 Å². The van der Waals surface area contributed by atoms with Gasteiger partial charge in [0.05, 0.1) is 6.42 Å². The lowest BCUT2D eigenvalue weighted by Gasteiger charge is -2.62. The number of aliphatic imine (C=N–C) groups is 1. The van der Waals surface area contributed by atoms with Gasteiger partial charge in [-0.2, -0.15) is 13.2 Å². The first-order chi connectivity index (χ1) is 8.01. The van der Waals surface area contributed by atoms with Crippen molar-refractivity contribution in [1.29, 1.82) is 0 Å². The highest BCUT2D eigenvalue weighted by atomic mass is 127. The van der Waals surface area contributed by atoms with Crippen LogP contribution in [0, 0.1) is 5.41 Å². The summed E-state index contributed by atoms with van der Waals surface area (Å²) in [6.07, 6.45) is -4.97. The zero-order valence-corrected chi connectivity index (χ0v) is 14.4. The highest BCUT2D eigenvalue weighted by Crippen LogP contribution is 2.46. The van der Waals surface area contributed by atoms with Gasteiger partial charge in [-0.05, 0) is 13.8 Å². The zero-order valence-electron chi connectivity index (χ0n) is 12.1. The molecule has 0 aromatic rings. The minimum atomic E-state index is -4.13. The summed E-state index contributed by atoms with van der Waals surface area (Å²) in [7, 11) is 1.59. The van der Waals surface area contributed by atoms with Gasteiger partial charge in [0.1, 0.15) is 0 Å². The van der Waals surface area contributed by atoms with Crippen molar-refractivity contribution in [3.05, 3.63) is 0 Å². The van der Waals surface area contributed by atoms with Crippen molar-refractivity contribution >= 4 is 29.9 Å². The predicted octanol–water partition coefficient (Wildman–Crippen LogP) is 3.25. The van der Waals surface area contributed by atoms with Gasteiger partial charge in [0, 0.05) is 31.1 Å². The Bertz CT molecular complexity index is 338. The molecule has 1 rings (SSSR count). The number of nitrogens with one attached hydrogen (secondary N) is 1. The van der Waals surface area contributed by atoms with E-state index in [0.29, 0.717) is 5.96 Å². The molecule has 0 aromatic carbocycles. The number of alkyl halides is 3. The molecule has 0 bridgehead atoms. The van der Waals surface area contributed by atoms with Gasteiger partial charge in [0.25, 0.3) is 0 Å². The van der Waals surface area contributed by atoms with E-state index >= 15 is 0 Å². The summed E-state index contributed by atoms with van der Waals surface area (Å²) in [6, 6.07) is 0. The van der Waals surface area contributed by atoms with Crippen LogP contribution in [0.25, 0.3) is 0 Å². The average molecular weight is 393 g/mol. The van der Waals surface area contributed by atoms with Crippen molar-refractivity contribution < 1.29 is 13.2 Å². The fourth-order valence-electron chi connectivity index (χ4n) is 2.01. The molecule has 0 saturated carbocycles. The van der Waals surface area contributed by atoms with Crippen LogP contribution in [0.15, 0.2) is 4.99 Å². The van der Waals surface area contributed by atoms with Crippen LogP contribution in [0.4, 0.5) is 13.2 Å². The molecular formula is C12H23F3IN3. The summed E-state index contributed by atoms with van der Waals surface area (Å²) in [6.45, 7) is 9.11. The lowest BCUT2D eigenvalue weighted by Crippen LogP contribution is -2.72. The Labute approximate surface area is 130 Å². The van der Waals surface area contributed by atoms with E-state index in [1.165, 1.54) is 0 Å². The summed E-state index contributed by atoms with van der Waals surface area (Å²) in [5, 5.41) is 2.78. The van der Waals surface area contributed by atoms with Crippen LogP contribution in [0.5, 0.6) is 0 Å². The number of hydrogen-bond acceptors (Lipinski definition) is 1. The number of guanidine groups is 1. The smallest absolute Gasteiger partial charge is 0.356 e. The second-order valence-electron chi connectivity index (χ2n) is 5.87. The minimum Gasteiger partial charge on any atom is -0.356 e. The van der Waals surface area contributed by atoms with Gasteiger partial charge in [-0.3, -0.25) is 4.99 Å². The van der Waals surface area contributed by atoms with E-state index in [1.54, 1.807) is 7.05 Å². The lowest BCUT2D eigenvalue weighted by atomic mass is 9.65. The number of nitrogens with zero attached hydrogens (tertiary/aromatic N) is 2.